The van der Waals surface area contributed by atoms with Gasteiger partial charge in [0.2, 0.25) is 0 Å². The van der Waals surface area contributed by atoms with Crippen molar-refractivity contribution in [3.8, 4) is 0 Å². The number of carboxylic acid groups (broad SMARTS) is 1. The van der Waals surface area contributed by atoms with E-state index in [-0.39, 0.29) is 51.8 Å². The molecule has 1 amide bonds. The number of carbonyl (C=O) groups is 2. The van der Waals surface area contributed by atoms with Gasteiger partial charge in [0.1, 0.15) is 17.8 Å². The Bertz CT molecular complexity index is 1720. The summed E-state index contributed by atoms with van der Waals surface area (Å²) in [5.41, 5.74) is 0.458. The lowest BCUT2D eigenvalue weighted by Gasteiger charge is -2.44. The van der Waals surface area contributed by atoms with Crippen molar-refractivity contribution in [2.75, 3.05) is 39.8 Å². The van der Waals surface area contributed by atoms with Gasteiger partial charge < -0.3 is 39.0 Å². The highest BCUT2D eigenvalue weighted by Gasteiger charge is 2.50. The third kappa shape index (κ3) is 12.5. The fourth-order valence-electron chi connectivity index (χ4n) is 6.54. The van der Waals surface area contributed by atoms with Crippen molar-refractivity contribution in [1.82, 2.24) is 9.80 Å². The molecule has 4 atom stereocenters. The summed E-state index contributed by atoms with van der Waals surface area (Å²) < 4.78 is 26.5. The van der Waals surface area contributed by atoms with Crippen LogP contribution in [0.4, 0.5) is 0 Å². The molecule has 0 saturated carbocycles. The Morgan fingerprint density at radius 3 is 1.55 bits per heavy atom. The number of nitrogens with zero attached hydrogens (tertiary/aromatic N) is 2. The molecule has 1 unspecified atom stereocenters. The van der Waals surface area contributed by atoms with Crippen molar-refractivity contribution in [1.29, 1.82) is 0 Å². The molecule has 10 nitrogen and oxygen atoms in total. The van der Waals surface area contributed by atoms with Crippen molar-refractivity contribution in [3.05, 3.63) is 144 Å². The van der Waals surface area contributed by atoms with Gasteiger partial charge in [0.05, 0.1) is 38.4 Å². The van der Waals surface area contributed by atoms with Crippen LogP contribution in [-0.4, -0.2) is 95.6 Å². The zero-order valence-electron chi connectivity index (χ0n) is 32.3. The first-order valence-corrected chi connectivity index (χ1v) is 19.1. The van der Waals surface area contributed by atoms with E-state index in [0.29, 0.717) is 26.2 Å². The fourth-order valence-corrected chi connectivity index (χ4v) is 6.54. The van der Waals surface area contributed by atoms with E-state index in [4.69, 9.17) is 18.9 Å². The average molecular weight is 753 g/mol. The molecular formula is C45H56N2O8. The van der Waals surface area contributed by atoms with E-state index >= 15 is 0 Å². The predicted molar refractivity (Wildman–Crippen MR) is 211 cm³/mol. The van der Waals surface area contributed by atoms with Crippen molar-refractivity contribution in [3.63, 3.8) is 0 Å². The Labute approximate surface area is 325 Å². The zero-order valence-corrected chi connectivity index (χ0v) is 32.3. The number of aliphatic carboxylic acids is 1. The van der Waals surface area contributed by atoms with E-state index in [1.807, 2.05) is 128 Å². The van der Waals surface area contributed by atoms with Crippen LogP contribution in [0.3, 0.4) is 0 Å². The number of hydrogen-bond acceptors (Lipinski definition) is 8. The van der Waals surface area contributed by atoms with Gasteiger partial charge >= 0.3 is 5.97 Å². The van der Waals surface area contributed by atoms with E-state index in [1.165, 1.54) is 0 Å². The van der Waals surface area contributed by atoms with Crippen LogP contribution in [0.25, 0.3) is 0 Å². The molecule has 1 aliphatic heterocycles. The number of carbonyl (C=O) groups excluding carboxylic acids is 1. The molecule has 4 aromatic carbocycles. The Morgan fingerprint density at radius 2 is 1.07 bits per heavy atom. The highest BCUT2D eigenvalue weighted by atomic mass is 16.6. The molecule has 1 aliphatic rings. The number of carboxylic acids is 1. The topological polar surface area (TPSA) is 118 Å². The first-order valence-electron chi connectivity index (χ1n) is 19.1. The molecule has 0 bridgehead atoms. The predicted octanol–water partition coefficient (Wildman–Crippen LogP) is 6.36. The van der Waals surface area contributed by atoms with E-state index in [0.717, 1.165) is 22.3 Å². The van der Waals surface area contributed by atoms with E-state index in [1.54, 1.807) is 18.7 Å². The van der Waals surface area contributed by atoms with Crippen LogP contribution in [0, 0.1) is 5.41 Å². The van der Waals surface area contributed by atoms with Gasteiger partial charge in [-0.3, -0.25) is 9.59 Å². The molecule has 2 N–H and O–H groups in total. The van der Waals surface area contributed by atoms with Gasteiger partial charge in [-0.25, -0.2) is 0 Å². The molecule has 4 aromatic rings. The average Bonchev–Trinajstić information content (AvgIpc) is 3.20. The number of hydrogen-bond donors (Lipinski definition) is 2. The van der Waals surface area contributed by atoms with Crippen molar-refractivity contribution in [2.24, 2.45) is 5.41 Å². The maximum Gasteiger partial charge on any atom is 0.309 e. The van der Waals surface area contributed by atoms with Gasteiger partial charge in [0.15, 0.2) is 6.10 Å². The maximum atomic E-state index is 14.8. The van der Waals surface area contributed by atoms with E-state index in [9.17, 15) is 19.8 Å². The molecular weight excluding hydrogens is 697 g/mol. The summed E-state index contributed by atoms with van der Waals surface area (Å²) in [6.45, 7) is 5.90. The molecule has 1 fully saturated rings. The molecule has 55 heavy (non-hydrogen) atoms. The largest absolute Gasteiger partial charge is 0.481 e. The second-order valence-electron chi connectivity index (χ2n) is 15.1. The molecule has 0 spiro atoms. The smallest absolute Gasteiger partial charge is 0.309 e. The van der Waals surface area contributed by atoms with Gasteiger partial charge in [-0.1, -0.05) is 121 Å². The third-order valence-electron chi connectivity index (χ3n) is 10.2. The van der Waals surface area contributed by atoms with Crippen LogP contribution in [0.5, 0.6) is 0 Å². The van der Waals surface area contributed by atoms with Gasteiger partial charge in [-0.2, -0.15) is 0 Å². The first-order chi connectivity index (χ1) is 26.5. The SMILES string of the molecule is CN1CCN(C(=O)[C@H](OCc2ccccc2)[C@@H](OCc2ccccc2)[C@H](OCc2ccccc2)C(O)(CCC(C)(C)C(=O)O)COCc2ccccc2)CC1. The summed E-state index contributed by atoms with van der Waals surface area (Å²) in [7, 11) is 2.03. The fraction of sp³-hybridized carbons (Fsp3) is 0.422. The summed E-state index contributed by atoms with van der Waals surface area (Å²) >= 11 is 0. The van der Waals surface area contributed by atoms with Crippen LogP contribution in [-0.2, 0) is 55.0 Å². The number of rotatable bonds is 21. The maximum absolute atomic E-state index is 14.8. The molecule has 294 valence electrons. The molecule has 0 radical (unpaired) electrons. The van der Waals surface area contributed by atoms with E-state index < -0.39 is 35.3 Å². The second-order valence-corrected chi connectivity index (χ2v) is 15.1. The normalized spacial score (nSPS) is 16.5. The molecule has 1 saturated heterocycles. The minimum Gasteiger partial charge on any atom is -0.481 e. The van der Waals surface area contributed by atoms with Crippen LogP contribution in [0.2, 0.25) is 0 Å². The Morgan fingerprint density at radius 1 is 0.636 bits per heavy atom. The molecule has 0 aliphatic carbocycles. The van der Waals surface area contributed by atoms with E-state index in [2.05, 4.69) is 4.90 Å². The summed E-state index contributed by atoms with van der Waals surface area (Å²) in [6.07, 6.45) is -3.51. The lowest BCUT2D eigenvalue weighted by atomic mass is 9.79. The molecule has 5 rings (SSSR count). The summed E-state index contributed by atoms with van der Waals surface area (Å²) in [5.74, 6) is -1.26. The van der Waals surface area contributed by atoms with Crippen LogP contribution < -0.4 is 0 Å². The van der Waals surface area contributed by atoms with Crippen LogP contribution in [0.1, 0.15) is 48.9 Å². The number of likely N-dealkylation sites (N-methyl/N-ethyl adjacent to an activating group) is 1. The minimum atomic E-state index is -1.84. The minimum absolute atomic E-state index is 0.0279. The first kappa shape index (κ1) is 41.7. The van der Waals surface area contributed by atoms with Crippen LogP contribution in [0.15, 0.2) is 121 Å². The van der Waals surface area contributed by atoms with Gasteiger partial charge in [-0.15, -0.1) is 0 Å². The molecule has 10 heteroatoms. The monoisotopic (exact) mass is 752 g/mol. The standard InChI is InChI=1S/C45H56N2O8/c1-44(2,43(49)50)24-25-45(51,34-52-30-35-16-8-4-9-17-35)41(55-33-38-22-14-7-15-23-38)39(53-31-36-18-10-5-11-19-36)40(54-32-37-20-12-6-13-21-37)42(48)47-28-26-46(3)27-29-47/h4-23,39-41,51H,24-34H2,1-3H3,(H,49,50)/t39-,40-,41+,45?/m1/s1. The van der Waals surface area contributed by atoms with Crippen molar-refractivity contribution >= 4 is 11.9 Å². The Hall–Kier alpha value is -4.42. The Balaban J connectivity index is 1.60. The van der Waals surface area contributed by atoms with Crippen molar-refractivity contribution < 1.29 is 38.7 Å². The number of piperazine rings is 1. The molecule has 1 heterocycles. The lowest BCUT2D eigenvalue weighted by Crippen LogP contribution is -2.62. The third-order valence-corrected chi connectivity index (χ3v) is 10.2. The van der Waals surface area contributed by atoms with Gasteiger partial charge in [0, 0.05) is 26.2 Å². The quantitative estimate of drug-likeness (QED) is 0.100. The molecule has 0 aromatic heterocycles. The highest BCUT2D eigenvalue weighted by molar-refractivity contribution is 5.82. The number of amides is 1. The summed E-state index contributed by atoms with van der Waals surface area (Å²) in [4.78, 5) is 31.2. The van der Waals surface area contributed by atoms with Gasteiger partial charge in [-0.05, 0) is 56.0 Å². The number of ether oxygens (including phenoxy) is 4. The zero-order chi connectivity index (χ0) is 39.1. The summed E-state index contributed by atoms with van der Waals surface area (Å²) in [6, 6.07) is 38.4. The Kier molecular flexibility index (Phi) is 15.5. The van der Waals surface area contributed by atoms with Gasteiger partial charge in [0.25, 0.3) is 5.91 Å². The highest BCUT2D eigenvalue weighted by Crippen LogP contribution is 2.35. The summed E-state index contributed by atoms with van der Waals surface area (Å²) in [5, 5.41) is 23.2. The van der Waals surface area contributed by atoms with Crippen LogP contribution >= 0.6 is 0 Å². The lowest BCUT2D eigenvalue weighted by molar-refractivity contribution is -0.228. The van der Waals surface area contributed by atoms with Crippen molar-refractivity contribution in [2.45, 2.75) is 77.0 Å². The number of benzene rings is 4. The number of aliphatic hydroxyl groups is 1. The second kappa shape index (κ2) is 20.5.